The fourth-order valence-corrected chi connectivity index (χ4v) is 4.00. The highest BCUT2D eigenvalue weighted by molar-refractivity contribution is 5.94. The molecule has 1 heterocycles. The van der Waals surface area contributed by atoms with E-state index in [4.69, 9.17) is 9.47 Å². The van der Waals surface area contributed by atoms with Gasteiger partial charge in [-0.3, -0.25) is 4.79 Å². The number of halogens is 3. The number of amides is 2. The van der Waals surface area contributed by atoms with Crippen molar-refractivity contribution in [3.63, 3.8) is 0 Å². The Bertz CT molecular complexity index is 1160. The Balaban J connectivity index is 1.84. The van der Waals surface area contributed by atoms with E-state index >= 15 is 0 Å². The maximum absolute atomic E-state index is 13.9. The molecule has 7 nitrogen and oxygen atoms in total. The lowest BCUT2D eigenvalue weighted by molar-refractivity contribution is -0.137. The highest BCUT2D eigenvalue weighted by Crippen LogP contribution is 2.42. The average Bonchev–Trinajstić information content (AvgIpc) is 3.16. The zero-order chi connectivity index (χ0) is 27.4. The molecule has 0 bridgehead atoms. The van der Waals surface area contributed by atoms with Crippen molar-refractivity contribution in [2.45, 2.75) is 51.6 Å². The first-order valence-corrected chi connectivity index (χ1v) is 11.9. The van der Waals surface area contributed by atoms with Crippen molar-refractivity contribution in [1.82, 2.24) is 10.2 Å². The van der Waals surface area contributed by atoms with Gasteiger partial charge in [-0.25, -0.2) is 4.79 Å². The highest BCUT2D eigenvalue weighted by Gasteiger charge is 2.37. The first-order valence-electron chi connectivity index (χ1n) is 11.9. The quantitative estimate of drug-likeness (QED) is 0.530. The van der Waals surface area contributed by atoms with Crippen LogP contribution in [0.4, 0.5) is 18.0 Å². The van der Waals surface area contributed by atoms with Crippen molar-refractivity contribution in [3.05, 3.63) is 59.7 Å². The number of likely N-dealkylation sites (tertiary alicyclic amines) is 1. The van der Waals surface area contributed by atoms with Gasteiger partial charge >= 0.3 is 12.3 Å². The number of carbonyl (C=O) groups is 2. The topological polar surface area (TPSA) is 88.1 Å². The maximum Gasteiger partial charge on any atom is 0.417 e. The number of nitrogens with zero attached hydrogens (tertiary/aromatic N) is 1. The van der Waals surface area contributed by atoms with Crippen LogP contribution < -0.4 is 10.1 Å². The smallest absolute Gasteiger partial charge is 0.417 e. The predicted molar refractivity (Wildman–Crippen MR) is 133 cm³/mol. The second-order valence-electron chi connectivity index (χ2n) is 9.60. The van der Waals surface area contributed by atoms with Gasteiger partial charge in [0.05, 0.1) is 30.9 Å². The second-order valence-corrected chi connectivity index (χ2v) is 9.60. The van der Waals surface area contributed by atoms with E-state index in [0.29, 0.717) is 0 Å². The minimum absolute atomic E-state index is 0.0183. The lowest BCUT2D eigenvalue weighted by Gasteiger charge is -2.24. The summed E-state index contributed by atoms with van der Waals surface area (Å²) in [6, 6.07) is 9.37. The molecular formula is C27H31F3N2O5. The van der Waals surface area contributed by atoms with Crippen molar-refractivity contribution in [3.8, 4) is 16.9 Å². The van der Waals surface area contributed by atoms with Gasteiger partial charge in [-0.1, -0.05) is 30.3 Å². The number of β-amino-alcohol motifs (C(OH)–C–C–N with tert-alkyl or cyclic N) is 1. The number of benzene rings is 2. The zero-order valence-corrected chi connectivity index (χ0v) is 21.1. The Morgan fingerprint density at radius 3 is 2.46 bits per heavy atom. The summed E-state index contributed by atoms with van der Waals surface area (Å²) in [5, 5.41) is 12.9. The Hall–Kier alpha value is -3.53. The largest absolute Gasteiger partial charge is 0.493 e. The monoisotopic (exact) mass is 520 g/mol. The Kier molecular flexibility index (Phi) is 8.53. The van der Waals surface area contributed by atoms with E-state index in [1.165, 1.54) is 29.2 Å². The molecule has 0 spiro atoms. The molecule has 2 unspecified atom stereocenters. The van der Waals surface area contributed by atoms with Crippen molar-refractivity contribution >= 4 is 18.1 Å². The van der Waals surface area contributed by atoms with Crippen LogP contribution >= 0.6 is 0 Å². The third kappa shape index (κ3) is 7.25. The standard InChI is InChI=1S/C27H31F3N2O5/c1-5-36-22-12-7-6-10-18(22)24-17(9-8-11-19(24)27(28,29)30)13-14-23(34)31-20-15-32(16-21(20)33)25(35)37-26(2,3)4/h6-14,20-21,33H,5,15-16H2,1-4H3,(H,31,34)/b14-13+. The second kappa shape index (κ2) is 11.2. The molecular weight excluding hydrogens is 489 g/mol. The van der Waals surface area contributed by atoms with E-state index in [-0.39, 0.29) is 42.1 Å². The van der Waals surface area contributed by atoms with Gasteiger partial charge in [0, 0.05) is 23.7 Å². The molecule has 1 fully saturated rings. The normalized spacial score (nSPS) is 18.2. The van der Waals surface area contributed by atoms with E-state index in [1.807, 2.05) is 0 Å². The highest BCUT2D eigenvalue weighted by atomic mass is 19.4. The molecule has 1 aliphatic rings. The Morgan fingerprint density at radius 2 is 1.81 bits per heavy atom. The van der Waals surface area contributed by atoms with Crippen LogP contribution in [0.2, 0.25) is 0 Å². The van der Waals surface area contributed by atoms with Crippen LogP contribution in [-0.4, -0.2) is 59.5 Å². The molecule has 0 radical (unpaired) electrons. The zero-order valence-electron chi connectivity index (χ0n) is 21.1. The molecule has 37 heavy (non-hydrogen) atoms. The number of hydrogen-bond donors (Lipinski definition) is 2. The summed E-state index contributed by atoms with van der Waals surface area (Å²) in [5.41, 5.74) is -1.27. The van der Waals surface area contributed by atoms with Crippen molar-refractivity contribution < 1.29 is 37.3 Å². The average molecular weight is 521 g/mol. The number of carbonyl (C=O) groups excluding carboxylic acids is 2. The Labute approximate surface area is 213 Å². The van der Waals surface area contributed by atoms with Gasteiger partial charge in [0.2, 0.25) is 5.91 Å². The number of aliphatic hydroxyl groups is 1. The van der Waals surface area contributed by atoms with Crippen LogP contribution in [0.5, 0.6) is 5.75 Å². The van der Waals surface area contributed by atoms with Crippen molar-refractivity contribution in [2.24, 2.45) is 0 Å². The van der Waals surface area contributed by atoms with Gasteiger partial charge in [0.15, 0.2) is 0 Å². The maximum atomic E-state index is 13.9. The molecule has 2 atom stereocenters. The summed E-state index contributed by atoms with van der Waals surface area (Å²) in [7, 11) is 0. The predicted octanol–water partition coefficient (Wildman–Crippen LogP) is 4.88. The summed E-state index contributed by atoms with van der Waals surface area (Å²) in [6.07, 6.45) is -3.88. The van der Waals surface area contributed by atoms with Gasteiger partial charge in [-0.15, -0.1) is 0 Å². The number of rotatable bonds is 6. The molecule has 0 aromatic heterocycles. The SMILES string of the molecule is CCOc1ccccc1-c1c(/C=C/C(=O)NC2CN(C(=O)OC(C)(C)C)CC2O)cccc1C(F)(F)F. The summed E-state index contributed by atoms with van der Waals surface area (Å²) < 4.78 is 52.7. The molecule has 200 valence electrons. The molecule has 1 aliphatic heterocycles. The van der Waals surface area contributed by atoms with Crippen LogP contribution in [0.1, 0.15) is 38.8 Å². The number of aliphatic hydroxyl groups excluding tert-OH is 1. The third-order valence-corrected chi connectivity index (χ3v) is 5.54. The van der Waals surface area contributed by atoms with Crippen molar-refractivity contribution in [1.29, 1.82) is 0 Å². The van der Waals surface area contributed by atoms with Gasteiger partial charge in [0.1, 0.15) is 11.4 Å². The molecule has 0 aliphatic carbocycles. The van der Waals surface area contributed by atoms with Gasteiger partial charge < -0.3 is 24.8 Å². The van der Waals surface area contributed by atoms with E-state index < -0.39 is 41.5 Å². The lowest BCUT2D eigenvalue weighted by Crippen LogP contribution is -2.42. The number of ether oxygens (including phenoxy) is 2. The van der Waals surface area contributed by atoms with Gasteiger partial charge in [-0.2, -0.15) is 13.2 Å². The van der Waals surface area contributed by atoms with Gasteiger partial charge in [-0.05, 0) is 51.5 Å². The van der Waals surface area contributed by atoms with Crippen LogP contribution in [0, 0.1) is 0 Å². The van der Waals surface area contributed by atoms with Gasteiger partial charge in [0.25, 0.3) is 0 Å². The Morgan fingerprint density at radius 1 is 1.11 bits per heavy atom. The van der Waals surface area contributed by atoms with E-state index in [2.05, 4.69) is 5.32 Å². The summed E-state index contributed by atoms with van der Waals surface area (Å²) in [4.78, 5) is 26.2. The van der Waals surface area contributed by atoms with Crippen LogP contribution in [0.15, 0.2) is 48.5 Å². The van der Waals surface area contributed by atoms with Crippen LogP contribution in [0.3, 0.4) is 0 Å². The van der Waals surface area contributed by atoms with Crippen LogP contribution in [-0.2, 0) is 15.7 Å². The summed E-state index contributed by atoms with van der Waals surface area (Å²) >= 11 is 0. The number of nitrogens with one attached hydrogen (secondary N) is 1. The molecule has 2 N–H and O–H groups in total. The van der Waals surface area contributed by atoms with E-state index in [9.17, 15) is 27.9 Å². The van der Waals surface area contributed by atoms with Crippen molar-refractivity contribution in [2.75, 3.05) is 19.7 Å². The molecule has 10 heteroatoms. The number of alkyl halides is 3. The molecule has 2 amide bonds. The molecule has 1 saturated heterocycles. The molecule has 3 rings (SSSR count). The van der Waals surface area contributed by atoms with Crippen LogP contribution in [0.25, 0.3) is 17.2 Å². The fraction of sp³-hybridized carbons (Fsp3) is 0.407. The molecule has 2 aromatic rings. The summed E-state index contributed by atoms with van der Waals surface area (Å²) in [6.45, 7) is 7.17. The number of hydrogen-bond acceptors (Lipinski definition) is 5. The van der Waals surface area contributed by atoms with E-state index in [0.717, 1.165) is 12.1 Å². The molecule has 0 saturated carbocycles. The summed E-state index contributed by atoms with van der Waals surface area (Å²) in [5.74, 6) is -0.339. The van der Waals surface area contributed by atoms with E-state index in [1.54, 1.807) is 45.9 Å². The third-order valence-electron chi connectivity index (χ3n) is 5.54. The fourth-order valence-electron chi connectivity index (χ4n) is 4.00. The first-order chi connectivity index (χ1) is 17.3. The number of para-hydroxylation sites is 1. The lowest BCUT2D eigenvalue weighted by atomic mass is 9.93. The minimum atomic E-state index is -4.64. The molecule has 2 aromatic carbocycles. The first kappa shape index (κ1) is 28.0. The minimum Gasteiger partial charge on any atom is -0.493 e.